The van der Waals surface area contributed by atoms with Crippen molar-refractivity contribution in [3.8, 4) is 11.3 Å². The highest BCUT2D eigenvalue weighted by atomic mass is 16.1. The van der Waals surface area contributed by atoms with Crippen LogP contribution in [0.3, 0.4) is 0 Å². The van der Waals surface area contributed by atoms with Gasteiger partial charge >= 0.3 is 0 Å². The van der Waals surface area contributed by atoms with Crippen molar-refractivity contribution >= 4 is 11.3 Å². The minimum atomic E-state index is -0.0832. The van der Waals surface area contributed by atoms with Gasteiger partial charge in [-0.25, -0.2) is 9.97 Å². The Bertz CT molecular complexity index is 1280. The van der Waals surface area contributed by atoms with Crippen LogP contribution in [0, 0.1) is 6.92 Å². The first-order chi connectivity index (χ1) is 14.5. The molecule has 0 aliphatic carbocycles. The maximum Gasteiger partial charge on any atom is 0.258 e. The SMILES string of the molecule is Cc1cn2cc(-c3cc(=O)n4cc(C5CCN(C(C)C)CC5)ncc4n3)ccc2n1. The lowest BCUT2D eigenvalue weighted by Crippen LogP contribution is -2.38. The van der Waals surface area contributed by atoms with E-state index >= 15 is 0 Å². The number of hydrogen-bond acceptors (Lipinski definition) is 5. The molecule has 1 aliphatic rings. The van der Waals surface area contributed by atoms with Crippen molar-refractivity contribution in [2.24, 2.45) is 0 Å². The van der Waals surface area contributed by atoms with E-state index in [9.17, 15) is 4.79 Å². The Morgan fingerprint density at radius 1 is 1.03 bits per heavy atom. The van der Waals surface area contributed by atoms with Crippen molar-refractivity contribution in [2.75, 3.05) is 13.1 Å². The fourth-order valence-corrected chi connectivity index (χ4v) is 4.37. The Hall–Kier alpha value is -3.06. The molecule has 0 spiro atoms. The number of pyridine rings is 1. The molecule has 7 heteroatoms. The highest BCUT2D eigenvalue weighted by Gasteiger charge is 2.23. The number of piperidine rings is 1. The Morgan fingerprint density at radius 3 is 2.60 bits per heavy atom. The van der Waals surface area contributed by atoms with E-state index < -0.39 is 0 Å². The van der Waals surface area contributed by atoms with Gasteiger partial charge in [-0.2, -0.15) is 0 Å². The van der Waals surface area contributed by atoms with Crippen LogP contribution >= 0.6 is 0 Å². The van der Waals surface area contributed by atoms with E-state index in [0.717, 1.165) is 48.5 Å². The molecule has 1 fully saturated rings. The van der Waals surface area contributed by atoms with Gasteiger partial charge in [0.05, 0.1) is 23.3 Å². The van der Waals surface area contributed by atoms with Crippen LogP contribution in [0.15, 0.2) is 47.8 Å². The van der Waals surface area contributed by atoms with Crippen molar-refractivity contribution < 1.29 is 0 Å². The second kappa shape index (κ2) is 7.32. The third kappa shape index (κ3) is 3.39. The Kier molecular flexibility index (Phi) is 4.62. The number of hydrogen-bond donors (Lipinski definition) is 0. The molecule has 0 N–H and O–H groups in total. The summed E-state index contributed by atoms with van der Waals surface area (Å²) in [5.74, 6) is 0.392. The average molecular weight is 403 g/mol. The third-order valence-corrected chi connectivity index (χ3v) is 6.12. The molecule has 0 aromatic carbocycles. The topological polar surface area (TPSA) is 67.8 Å². The average Bonchev–Trinajstić information content (AvgIpc) is 3.12. The number of aromatic nitrogens is 5. The number of aryl methyl sites for hydroxylation is 1. The molecule has 154 valence electrons. The zero-order chi connectivity index (χ0) is 20.8. The zero-order valence-corrected chi connectivity index (χ0v) is 17.6. The van der Waals surface area contributed by atoms with E-state index in [1.54, 1.807) is 16.7 Å². The van der Waals surface area contributed by atoms with Gasteiger partial charge in [0.25, 0.3) is 5.56 Å². The summed E-state index contributed by atoms with van der Waals surface area (Å²) in [6.07, 6.45) is 9.67. The lowest BCUT2D eigenvalue weighted by molar-refractivity contribution is 0.170. The number of rotatable bonds is 3. The molecule has 5 rings (SSSR count). The molecule has 0 amide bonds. The smallest absolute Gasteiger partial charge is 0.258 e. The molecule has 1 saturated heterocycles. The second-order valence-electron chi connectivity index (χ2n) is 8.49. The Labute approximate surface area is 175 Å². The summed E-state index contributed by atoms with van der Waals surface area (Å²) < 4.78 is 3.58. The number of nitrogens with zero attached hydrogens (tertiary/aromatic N) is 6. The van der Waals surface area contributed by atoms with E-state index in [-0.39, 0.29) is 5.56 Å². The molecule has 4 aromatic rings. The highest BCUT2D eigenvalue weighted by molar-refractivity contribution is 5.62. The minimum absolute atomic E-state index is 0.0832. The molecule has 0 saturated carbocycles. The molecule has 4 aromatic heterocycles. The van der Waals surface area contributed by atoms with Crippen molar-refractivity contribution in [1.29, 1.82) is 0 Å². The summed E-state index contributed by atoms with van der Waals surface area (Å²) in [5, 5.41) is 0. The van der Waals surface area contributed by atoms with Crippen LogP contribution in [0.1, 0.15) is 44.0 Å². The van der Waals surface area contributed by atoms with Gasteiger partial charge in [-0.3, -0.25) is 14.2 Å². The van der Waals surface area contributed by atoms with Gasteiger partial charge in [0.2, 0.25) is 0 Å². The maximum atomic E-state index is 12.9. The summed E-state index contributed by atoms with van der Waals surface area (Å²) in [5.41, 5.74) is 4.83. The lowest BCUT2D eigenvalue weighted by Gasteiger charge is -2.34. The van der Waals surface area contributed by atoms with Crippen molar-refractivity contribution in [1.82, 2.24) is 28.7 Å². The van der Waals surface area contributed by atoms with E-state index in [2.05, 4.69) is 28.7 Å². The third-order valence-electron chi connectivity index (χ3n) is 6.12. The molecule has 0 unspecified atom stereocenters. The molecule has 5 heterocycles. The standard InChI is InChI=1S/C23H26N6O/c1-15(2)27-8-6-17(7-9-27)20-14-29-22(11-24-20)26-19(10-23(29)30)18-4-5-21-25-16(3)12-28(21)13-18/h4-5,10-15,17H,6-9H2,1-3H3. The molecular weight excluding hydrogens is 376 g/mol. The van der Waals surface area contributed by atoms with Crippen LogP contribution in [-0.4, -0.2) is 47.8 Å². The van der Waals surface area contributed by atoms with E-state index in [4.69, 9.17) is 4.98 Å². The quantitative estimate of drug-likeness (QED) is 0.526. The molecular formula is C23H26N6O. The molecule has 30 heavy (non-hydrogen) atoms. The highest BCUT2D eigenvalue weighted by Crippen LogP contribution is 2.27. The van der Waals surface area contributed by atoms with Gasteiger partial charge in [-0.1, -0.05) is 0 Å². The van der Waals surface area contributed by atoms with Gasteiger partial charge < -0.3 is 9.30 Å². The minimum Gasteiger partial charge on any atom is -0.306 e. The van der Waals surface area contributed by atoms with Crippen LogP contribution in [0.25, 0.3) is 22.6 Å². The zero-order valence-electron chi connectivity index (χ0n) is 17.6. The Morgan fingerprint density at radius 2 is 1.83 bits per heavy atom. The largest absolute Gasteiger partial charge is 0.306 e. The predicted molar refractivity (Wildman–Crippen MR) is 117 cm³/mol. The van der Waals surface area contributed by atoms with Gasteiger partial charge in [0.1, 0.15) is 5.65 Å². The molecule has 0 radical (unpaired) electrons. The first kappa shape index (κ1) is 18.9. The van der Waals surface area contributed by atoms with Crippen molar-refractivity contribution in [3.63, 3.8) is 0 Å². The van der Waals surface area contributed by atoms with Crippen LogP contribution in [0.5, 0.6) is 0 Å². The van der Waals surface area contributed by atoms with Crippen LogP contribution in [0.2, 0.25) is 0 Å². The lowest BCUT2D eigenvalue weighted by atomic mass is 9.93. The number of fused-ring (bicyclic) bond motifs is 2. The van der Waals surface area contributed by atoms with Crippen molar-refractivity contribution in [2.45, 2.75) is 45.6 Å². The summed E-state index contributed by atoms with van der Waals surface area (Å²) in [6.45, 7) is 8.59. The van der Waals surface area contributed by atoms with E-state index in [1.165, 1.54) is 0 Å². The molecule has 0 bridgehead atoms. The maximum absolute atomic E-state index is 12.9. The summed E-state index contributed by atoms with van der Waals surface area (Å²) in [7, 11) is 0. The molecule has 7 nitrogen and oxygen atoms in total. The summed E-state index contributed by atoms with van der Waals surface area (Å²) >= 11 is 0. The summed E-state index contributed by atoms with van der Waals surface area (Å²) in [6, 6.07) is 6.07. The van der Waals surface area contributed by atoms with Gasteiger partial charge in [-0.05, 0) is 58.8 Å². The summed E-state index contributed by atoms with van der Waals surface area (Å²) in [4.78, 5) is 29.2. The normalized spacial score (nSPS) is 16.1. The second-order valence-corrected chi connectivity index (χ2v) is 8.49. The fraction of sp³-hybridized carbons (Fsp3) is 0.391. The Balaban J connectivity index is 1.47. The van der Waals surface area contributed by atoms with Crippen LogP contribution in [0.4, 0.5) is 0 Å². The number of likely N-dealkylation sites (tertiary alicyclic amines) is 1. The first-order valence-corrected chi connectivity index (χ1v) is 10.6. The molecule has 1 aliphatic heterocycles. The van der Waals surface area contributed by atoms with Crippen LogP contribution in [-0.2, 0) is 0 Å². The van der Waals surface area contributed by atoms with Gasteiger partial charge in [-0.15, -0.1) is 0 Å². The van der Waals surface area contributed by atoms with Gasteiger partial charge in [0.15, 0.2) is 5.65 Å². The predicted octanol–water partition coefficient (Wildman–Crippen LogP) is 3.30. The van der Waals surface area contributed by atoms with Crippen LogP contribution < -0.4 is 5.56 Å². The number of imidazole rings is 1. The first-order valence-electron chi connectivity index (χ1n) is 10.6. The van der Waals surface area contributed by atoms with E-state index in [0.29, 0.717) is 23.3 Å². The van der Waals surface area contributed by atoms with Gasteiger partial charge in [0, 0.05) is 42.2 Å². The fourth-order valence-electron chi connectivity index (χ4n) is 4.37. The monoisotopic (exact) mass is 402 g/mol. The molecule has 0 atom stereocenters. The van der Waals surface area contributed by atoms with E-state index in [1.807, 2.05) is 42.0 Å². The van der Waals surface area contributed by atoms with Crippen molar-refractivity contribution in [3.05, 3.63) is 64.7 Å².